The molecule has 0 bridgehead atoms. The molecule has 224 valence electrons. The standard InChI is InChI=1S/C14H22O5.C12H18O4.C2H6O2/c1-4-5-6-16-12(15)11-9-14(17-7-8-18-14)10-13(2,3)19-11;1-4-5-6-15-11(14)10-7-9(13)8-12(2,3)16-10;3-1-2-4/h9H,4-8,10H2,1-3H3;7H,4-6,8H2,1-3H3;3-4H,1-2H2. The van der Waals surface area contributed by atoms with Crippen LogP contribution in [-0.2, 0) is 42.8 Å². The van der Waals surface area contributed by atoms with Gasteiger partial charge in [-0.25, -0.2) is 9.59 Å². The predicted octanol–water partition coefficient (Wildman–Crippen LogP) is 3.11. The number of carbonyl (C=O) groups excluding carboxylic acids is 3. The summed E-state index contributed by atoms with van der Waals surface area (Å²) in [6.45, 7) is 13.0. The van der Waals surface area contributed by atoms with Crippen LogP contribution in [-0.4, -0.2) is 84.6 Å². The molecule has 0 radical (unpaired) electrons. The summed E-state index contributed by atoms with van der Waals surface area (Å²) in [6.07, 6.45) is 7.28. The first-order chi connectivity index (χ1) is 18.3. The molecule has 1 fully saturated rings. The van der Waals surface area contributed by atoms with Crippen molar-refractivity contribution in [3.63, 3.8) is 0 Å². The summed E-state index contributed by atoms with van der Waals surface area (Å²) in [5.74, 6) is -1.71. The Hall–Kier alpha value is -2.47. The molecule has 1 saturated heterocycles. The lowest BCUT2D eigenvalue weighted by Gasteiger charge is -2.39. The Bertz CT molecular complexity index is 850. The zero-order chi connectivity index (χ0) is 29.5. The van der Waals surface area contributed by atoms with Crippen LogP contribution in [0.1, 0.15) is 80.1 Å². The third-order valence-corrected chi connectivity index (χ3v) is 5.43. The fourth-order valence-electron chi connectivity index (χ4n) is 3.81. The monoisotopic (exact) mass is 558 g/mol. The fraction of sp³-hybridized carbons (Fsp3) is 0.750. The predicted molar refractivity (Wildman–Crippen MR) is 141 cm³/mol. The molecule has 0 aliphatic carbocycles. The van der Waals surface area contributed by atoms with E-state index < -0.39 is 28.9 Å². The molecule has 3 heterocycles. The number of allylic oxidation sites excluding steroid dienone is 1. The maximum absolute atomic E-state index is 12.0. The van der Waals surface area contributed by atoms with Crippen molar-refractivity contribution < 1.29 is 53.0 Å². The molecule has 11 nitrogen and oxygen atoms in total. The van der Waals surface area contributed by atoms with Crippen molar-refractivity contribution in [3.05, 3.63) is 23.7 Å². The van der Waals surface area contributed by atoms with Crippen LogP contribution in [0, 0.1) is 0 Å². The molecule has 39 heavy (non-hydrogen) atoms. The van der Waals surface area contributed by atoms with Crippen molar-refractivity contribution in [2.75, 3.05) is 39.6 Å². The van der Waals surface area contributed by atoms with Gasteiger partial charge in [-0.2, -0.15) is 0 Å². The molecule has 3 aliphatic heterocycles. The number of hydrogen-bond acceptors (Lipinski definition) is 11. The van der Waals surface area contributed by atoms with E-state index in [2.05, 4.69) is 0 Å². The molecular weight excluding hydrogens is 512 g/mol. The molecule has 0 atom stereocenters. The highest BCUT2D eigenvalue weighted by Gasteiger charge is 2.47. The van der Waals surface area contributed by atoms with Gasteiger partial charge in [0.25, 0.3) is 0 Å². The minimum absolute atomic E-state index is 0.0253. The number of hydrogen-bond donors (Lipinski definition) is 2. The van der Waals surface area contributed by atoms with E-state index in [4.69, 9.17) is 38.6 Å². The van der Waals surface area contributed by atoms with Crippen molar-refractivity contribution in [3.8, 4) is 0 Å². The van der Waals surface area contributed by atoms with Gasteiger partial charge in [0, 0.05) is 25.0 Å². The molecule has 2 N–H and O–H groups in total. The highest BCUT2D eigenvalue weighted by Crippen LogP contribution is 2.39. The average Bonchev–Trinajstić information content (AvgIpc) is 3.29. The summed E-state index contributed by atoms with van der Waals surface area (Å²) in [7, 11) is 0. The highest BCUT2D eigenvalue weighted by molar-refractivity contribution is 5.99. The number of aliphatic hydroxyl groups is 2. The van der Waals surface area contributed by atoms with Crippen LogP contribution in [0.15, 0.2) is 23.7 Å². The summed E-state index contributed by atoms with van der Waals surface area (Å²) in [5.41, 5.74) is -1.14. The van der Waals surface area contributed by atoms with Crippen molar-refractivity contribution >= 4 is 17.7 Å². The number of ketones is 1. The van der Waals surface area contributed by atoms with Gasteiger partial charge in [-0.05, 0) is 40.5 Å². The number of esters is 2. The SMILES string of the molecule is CCCCOC(=O)C1=CC(=O)CC(C)(C)O1.CCCCOC(=O)C1=CC2(CC(C)(C)O1)OCCO2.OCCO. The number of aliphatic hydroxyl groups excluding tert-OH is 2. The Labute approximate surface area is 231 Å². The number of ether oxygens (including phenoxy) is 6. The van der Waals surface area contributed by atoms with Crippen LogP contribution in [0.3, 0.4) is 0 Å². The van der Waals surface area contributed by atoms with E-state index in [0.29, 0.717) is 39.3 Å². The first-order valence-corrected chi connectivity index (χ1v) is 13.5. The molecule has 1 spiro atoms. The number of carbonyl (C=O) groups is 3. The van der Waals surface area contributed by atoms with E-state index >= 15 is 0 Å². The van der Waals surface area contributed by atoms with Crippen LogP contribution >= 0.6 is 0 Å². The van der Waals surface area contributed by atoms with E-state index in [1.807, 2.05) is 27.7 Å². The third kappa shape index (κ3) is 13.0. The number of rotatable bonds is 9. The summed E-state index contributed by atoms with van der Waals surface area (Å²) in [4.78, 5) is 34.9. The van der Waals surface area contributed by atoms with Crippen molar-refractivity contribution in [2.45, 2.75) is 97.1 Å². The van der Waals surface area contributed by atoms with Crippen LogP contribution in [0.5, 0.6) is 0 Å². The fourth-order valence-corrected chi connectivity index (χ4v) is 3.81. The Balaban J connectivity index is 0.000000347. The first kappa shape index (κ1) is 34.6. The number of unbranched alkanes of at least 4 members (excludes halogenated alkanes) is 2. The van der Waals surface area contributed by atoms with Gasteiger partial charge in [0.2, 0.25) is 11.5 Å². The van der Waals surface area contributed by atoms with Gasteiger partial charge in [-0.15, -0.1) is 0 Å². The van der Waals surface area contributed by atoms with E-state index in [9.17, 15) is 14.4 Å². The molecule has 3 rings (SSSR count). The van der Waals surface area contributed by atoms with Gasteiger partial charge in [-0.1, -0.05) is 26.7 Å². The van der Waals surface area contributed by atoms with Gasteiger partial charge in [0.1, 0.15) is 11.2 Å². The minimum atomic E-state index is -0.832. The normalized spacial score (nSPS) is 20.1. The first-order valence-electron chi connectivity index (χ1n) is 13.5. The van der Waals surface area contributed by atoms with Crippen molar-refractivity contribution in [1.29, 1.82) is 0 Å². The van der Waals surface area contributed by atoms with Crippen LogP contribution < -0.4 is 0 Å². The Kier molecular flexibility index (Phi) is 14.7. The van der Waals surface area contributed by atoms with Crippen molar-refractivity contribution in [1.82, 2.24) is 0 Å². The molecule has 3 aliphatic rings. The molecule has 0 saturated carbocycles. The molecule has 11 heteroatoms. The molecule has 0 amide bonds. The summed E-state index contributed by atoms with van der Waals surface area (Å²) in [5, 5.41) is 15.2. The topological polar surface area (TPSA) is 147 Å². The van der Waals surface area contributed by atoms with E-state index in [1.165, 1.54) is 6.08 Å². The lowest BCUT2D eigenvalue weighted by molar-refractivity contribution is -0.183. The zero-order valence-electron chi connectivity index (χ0n) is 24.2. The quantitative estimate of drug-likeness (QED) is 0.318. The van der Waals surface area contributed by atoms with Gasteiger partial charge < -0.3 is 38.6 Å². The van der Waals surface area contributed by atoms with E-state index in [0.717, 1.165) is 25.7 Å². The molecular formula is C28H46O11. The minimum Gasteiger partial charge on any atom is -0.480 e. The van der Waals surface area contributed by atoms with Crippen LogP contribution in [0.4, 0.5) is 0 Å². The van der Waals surface area contributed by atoms with E-state index in [-0.39, 0.29) is 30.5 Å². The molecule has 0 unspecified atom stereocenters. The van der Waals surface area contributed by atoms with Crippen molar-refractivity contribution in [2.24, 2.45) is 0 Å². The van der Waals surface area contributed by atoms with Gasteiger partial charge in [-0.3, -0.25) is 4.79 Å². The maximum atomic E-state index is 12.0. The summed E-state index contributed by atoms with van der Waals surface area (Å²) in [6, 6.07) is 0. The second-order valence-corrected chi connectivity index (χ2v) is 10.5. The Morgan fingerprint density at radius 3 is 1.79 bits per heavy atom. The van der Waals surface area contributed by atoms with Gasteiger partial charge >= 0.3 is 11.9 Å². The zero-order valence-corrected chi connectivity index (χ0v) is 24.2. The lowest BCUT2D eigenvalue weighted by Crippen LogP contribution is -2.44. The maximum Gasteiger partial charge on any atom is 0.373 e. The second kappa shape index (κ2) is 16.6. The van der Waals surface area contributed by atoms with E-state index in [1.54, 1.807) is 19.9 Å². The second-order valence-electron chi connectivity index (χ2n) is 10.5. The van der Waals surface area contributed by atoms with Crippen LogP contribution in [0.2, 0.25) is 0 Å². The van der Waals surface area contributed by atoms with Crippen LogP contribution in [0.25, 0.3) is 0 Å². The third-order valence-electron chi connectivity index (χ3n) is 5.43. The summed E-state index contributed by atoms with van der Waals surface area (Å²) >= 11 is 0. The highest BCUT2D eigenvalue weighted by atomic mass is 16.7. The smallest absolute Gasteiger partial charge is 0.373 e. The van der Waals surface area contributed by atoms with Gasteiger partial charge in [0.15, 0.2) is 11.6 Å². The Morgan fingerprint density at radius 2 is 1.33 bits per heavy atom. The Morgan fingerprint density at radius 1 is 0.846 bits per heavy atom. The van der Waals surface area contributed by atoms with Gasteiger partial charge in [0.05, 0.1) is 39.6 Å². The molecule has 0 aromatic rings. The molecule has 0 aromatic heterocycles. The summed E-state index contributed by atoms with van der Waals surface area (Å²) < 4.78 is 32.5. The lowest BCUT2D eigenvalue weighted by atomic mass is 9.94. The average molecular weight is 559 g/mol. The largest absolute Gasteiger partial charge is 0.480 e. The molecule has 0 aromatic carbocycles.